The fraction of sp³-hybridized carbons (Fsp3) is 0.0833. The van der Waals surface area contributed by atoms with Gasteiger partial charge in [0.1, 0.15) is 5.82 Å². The van der Waals surface area contributed by atoms with E-state index < -0.39 is 5.95 Å². The van der Waals surface area contributed by atoms with Crippen molar-refractivity contribution in [3.05, 3.63) is 36.4 Å². The fourth-order valence-corrected chi connectivity index (χ4v) is 1.64. The maximum Gasteiger partial charge on any atom is 0.215 e. The van der Waals surface area contributed by atoms with Gasteiger partial charge in [0.2, 0.25) is 11.8 Å². The first-order chi connectivity index (χ1) is 8.76. The van der Waals surface area contributed by atoms with Crippen LogP contribution in [0.2, 0.25) is 0 Å². The van der Waals surface area contributed by atoms with Gasteiger partial charge in [-0.25, -0.2) is 9.97 Å². The maximum absolute atomic E-state index is 12.7. The minimum absolute atomic E-state index is 0.498. The Hall–Kier alpha value is -2.50. The molecule has 0 amide bonds. The maximum atomic E-state index is 12.7. The van der Waals surface area contributed by atoms with E-state index in [0.717, 1.165) is 5.52 Å². The van der Waals surface area contributed by atoms with Crippen molar-refractivity contribution >= 4 is 11.2 Å². The Morgan fingerprint density at radius 2 is 2.06 bits per heavy atom. The SMILES string of the molecule is COc1ccc2[nH]c(-c3ccc(F)nc3)nc2n1. The zero-order chi connectivity index (χ0) is 12.5. The van der Waals surface area contributed by atoms with E-state index in [1.165, 1.54) is 12.3 Å². The van der Waals surface area contributed by atoms with Gasteiger partial charge < -0.3 is 9.72 Å². The van der Waals surface area contributed by atoms with Crippen LogP contribution in [0.25, 0.3) is 22.6 Å². The van der Waals surface area contributed by atoms with Gasteiger partial charge in [-0.3, -0.25) is 0 Å². The predicted octanol–water partition coefficient (Wildman–Crippen LogP) is 2.17. The summed E-state index contributed by atoms with van der Waals surface area (Å²) in [5.41, 5.74) is 2.04. The molecule has 0 aliphatic carbocycles. The van der Waals surface area contributed by atoms with E-state index in [1.807, 2.05) is 6.07 Å². The monoisotopic (exact) mass is 244 g/mol. The van der Waals surface area contributed by atoms with Gasteiger partial charge >= 0.3 is 0 Å². The summed E-state index contributed by atoms with van der Waals surface area (Å²) < 4.78 is 17.8. The number of nitrogens with zero attached hydrogens (tertiary/aromatic N) is 3. The second-order valence-electron chi connectivity index (χ2n) is 3.68. The van der Waals surface area contributed by atoms with Gasteiger partial charge in [0.05, 0.1) is 12.6 Å². The van der Waals surface area contributed by atoms with Crippen LogP contribution in [0.1, 0.15) is 0 Å². The highest BCUT2D eigenvalue weighted by atomic mass is 19.1. The number of halogens is 1. The van der Waals surface area contributed by atoms with Crippen LogP contribution in [-0.2, 0) is 0 Å². The van der Waals surface area contributed by atoms with E-state index in [0.29, 0.717) is 22.9 Å². The Labute approximate surface area is 102 Å². The van der Waals surface area contributed by atoms with Crippen molar-refractivity contribution in [1.82, 2.24) is 19.9 Å². The molecule has 3 aromatic rings. The van der Waals surface area contributed by atoms with Gasteiger partial charge in [-0.05, 0) is 18.2 Å². The minimum Gasteiger partial charge on any atom is -0.481 e. The van der Waals surface area contributed by atoms with Crippen LogP contribution in [0.4, 0.5) is 4.39 Å². The molecule has 6 heteroatoms. The molecule has 90 valence electrons. The van der Waals surface area contributed by atoms with Crippen LogP contribution < -0.4 is 4.74 Å². The van der Waals surface area contributed by atoms with Crippen molar-refractivity contribution in [2.75, 3.05) is 7.11 Å². The largest absolute Gasteiger partial charge is 0.481 e. The number of imidazole rings is 1. The first-order valence-electron chi connectivity index (χ1n) is 5.29. The third-order valence-corrected chi connectivity index (χ3v) is 2.53. The van der Waals surface area contributed by atoms with Gasteiger partial charge in [-0.15, -0.1) is 0 Å². The van der Waals surface area contributed by atoms with Crippen LogP contribution in [0, 0.1) is 5.95 Å². The van der Waals surface area contributed by atoms with Crippen LogP contribution >= 0.6 is 0 Å². The summed E-state index contributed by atoms with van der Waals surface area (Å²) in [5, 5.41) is 0. The van der Waals surface area contributed by atoms with Crippen LogP contribution in [0.3, 0.4) is 0 Å². The van der Waals surface area contributed by atoms with E-state index in [1.54, 1.807) is 19.2 Å². The van der Waals surface area contributed by atoms with E-state index in [2.05, 4.69) is 19.9 Å². The van der Waals surface area contributed by atoms with E-state index >= 15 is 0 Å². The average Bonchev–Trinajstić information content (AvgIpc) is 2.82. The lowest BCUT2D eigenvalue weighted by atomic mass is 10.3. The number of hydrogen-bond acceptors (Lipinski definition) is 4. The molecule has 3 heterocycles. The Morgan fingerprint density at radius 3 is 2.78 bits per heavy atom. The molecule has 0 aromatic carbocycles. The van der Waals surface area contributed by atoms with Crippen LogP contribution in [0.15, 0.2) is 30.5 Å². The number of hydrogen-bond donors (Lipinski definition) is 1. The van der Waals surface area contributed by atoms with Gasteiger partial charge in [-0.1, -0.05) is 0 Å². The standard InChI is InChI=1S/C12H9FN4O/c1-18-10-5-3-8-12(16-10)17-11(15-8)7-2-4-9(13)14-6-7/h2-6H,1H3,(H,15,16,17). The molecule has 18 heavy (non-hydrogen) atoms. The van der Waals surface area contributed by atoms with Crippen LogP contribution in [0.5, 0.6) is 5.88 Å². The lowest BCUT2D eigenvalue weighted by Crippen LogP contribution is -1.86. The molecule has 0 atom stereocenters. The second kappa shape index (κ2) is 4.06. The van der Waals surface area contributed by atoms with Crippen molar-refractivity contribution < 1.29 is 9.13 Å². The summed E-state index contributed by atoms with van der Waals surface area (Å²) in [4.78, 5) is 15.2. The van der Waals surface area contributed by atoms with Crippen molar-refractivity contribution in [3.8, 4) is 17.3 Å². The third-order valence-electron chi connectivity index (χ3n) is 2.53. The average molecular weight is 244 g/mol. The fourth-order valence-electron chi connectivity index (χ4n) is 1.64. The number of aromatic amines is 1. The summed E-state index contributed by atoms with van der Waals surface area (Å²) in [6.07, 6.45) is 1.42. The topological polar surface area (TPSA) is 63.7 Å². The summed E-state index contributed by atoms with van der Waals surface area (Å²) in [5.74, 6) is 0.575. The van der Waals surface area contributed by atoms with Gasteiger partial charge in [0.25, 0.3) is 0 Å². The van der Waals surface area contributed by atoms with Gasteiger partial charge in [-0.2, -0.15) is 9.37 Å². The summed E-state index contributed by atoms with van der Waals surface area (Å²) in [6, 6.07) is 6.47. The molecule has 0 aliphatic heterocycles. The number of aromatic nitrogens is 4. The number of fused-ring (bicyclic) bond motifs is 1. The van der Waals surface area contributed by atoms with Gasteiger partial charge in [0, 0.05) is 17.8 Å². The molecule has 0 bridgehead atoms. The zero-order valence-corrected chi connectivity index (χ0v) is 9.51. The molecule has 1 N–H and O–H groups in total. The number of methoxy groups -OCH3 is 1. The molecule has 0 fully saturated rings. The lowest BCUT2D eigenvalue weighted by molar-refractivity contribution is 0.399. The summed E-state index contributed by atoms with van der Waals surface area (Å²) >= 11 is 0. The van der Waals surface area contributed by atoms with Gasteiger partial charge in [0.15, 0.2) is 5.65 Å². The Bertz CT molecular complexity index is 693. The molecule has 3 aromatic heterocycles. The smallest absolute Gasteiger partial charge is 0.215 e. The Kier molecular flexibility index (Phi) is 2.40. The molecule has 0 saturated heterocycles. The first-order valence-corrected chi connectivity index (χ1v) is 5.29. The van der Waals surface area contributed by atoms with Crippen molar-refractivity contribution in [2.24, 2.45) is 0 Å². The highest BCUT2D eigenvalue weighted by molar-refractivity contribution is 5.76. The molecule has 0 unspecified atom stereocenters. The summed E-state index contributed by atoms with van der Waals surface area (Å²) in [6.45, 7) is 0. The molecule has 0 saturated carbocycles. The number of ether oxygens (including phenoxy) is 1. The molecule has 0 spiro atoms. The number of pyridine rings is 2. The van der Waals surface area contributed by atoms with E-state index in [9.17, 15) is 4.39 Å². The normalized spacial score (nSPS) is 10.8. The van der Waals surface area contributed by atoms with Crippen molar-refractivity contribution in [1.29, 1.82) is 0 Å². The Balaban J connectivity index is 2.10. The minimum atomic E-state index is -0.519. The van der Waals surface area contributed by atoms with Crippen molar-refractivity contribution in [2.45, 2.75) is 0 Å². The molecule has 0 aliphatic rings. The highest BCUT2D eigenvalue weighted by Gasteiger charge is 2.07. The van der Waals surface area contributed by atoms with Crippen LogP contribution in [-0.4, -0.2) is 27.0 Å². The first kappa shape index (κ1) is 10.6. The molecular weight excluding hydrogens is 235 g/mol. The van der Waals surface area contributed by atoms with E-state index in [4.69, 9.17) is 4.74 Å². The number of nitrogens with one attached hydrogen (secondary N) is 1. The quantitative estimate of drug-likeness (QED) is 0.702. The lowest BCUT2D eigenvalue weighted by Gasteiger charge is -1.95. The van der Waals surface area contributed by atoms with E-state index in [-0.39, 0.29) is 0 Å². The summed E-state index contributed by atoms with van der Waals surface area (Å²) in [7, 11) is 1.55. The number of H-pyrrole nitrogens is 1. The third kappa shape index (κ3) is 1.77. The Morgan fingerprint density at radius 1 is 1.17 bits per heavy atom. The predicted molar refractivity (Wildman–Crippen MR) is 63.6 cm³/mol. The second-order valence-corrected chi connectivity index (χ2v) is 3.68. The molecule has 0 radical (unpaired) electrons. The van der Waals surface area contributed by atoms with Crippen molar-refractivity contribution in [3.63, 3.8) is 0 Å². The molecule has 5 nitrogen and oxygen atoms in total. The number of rotatable bonds is 2. The molecule has 3 rings (SSSR count). The molecular formula is C12H9FN4O. The highest BCUT2D eigenvalue weighted by Crippen LogP contribution is 2.20. The zero-order valence-electron chi connectivity index (χ0n) is 9.51.